The first-order valence-corrected chi connectivity index (χ1v) is 9.21. The van der Waals surface area contributed by atoms with E-state index in [1.807, 2.05) is 0 Å². The van der Waals surface area contributed by atoms with Gasteiger partial charge in [0.1, 0.15) is 5.69 Å². The van der Waals surface area contributed by atoms with Crippen LogP contribution in [0.5, 0.6) is 0 Å². The number of hydrogen-bond donors (Lipinski definition) is 1. The predicted molar refractivity (Wildman–Crippen MR) is 97.6 cm³/mol. The molecular weight excluding hydrogens is 352 g/mol. The Morgan fingerprint density at radius 3 is 2.48 bits per heavy atom. The van der Waals surface area contributed by atoms with Gasteiger partial charge in [-0.1, -0.05) is 0 Å². The van der Waals surface area contributed by atoms with Crippen LogP contribution in [0.3, 0.4) is 0 Å². The van der Waals surface area contributed by atoms with Crippen molar-refractivity contribution in [3.8, 4) is 0 Å². The maximum atomic E-state index is 12.8. The average Bonchev–Trinajstić information content (AvgIpc) is 3.04. The van der Waals surface area contributed by atoms with Crippen LogP contribution >= 0.6 is 0 Å². The molecule has 3 heterocycles. The topological polar surface area (TPSA) is 103 Å². The molecule has 27 heavy (non-hydrogen) atoms. The summed E-state index contributed by atoms with van der Waals surface area (Å²) >= 11 is 0. The van der Waals surface area contributed by atoms with Crippen molar-refractivity contribution in [1.82, 2.24) is 19.4 Å². The molecule has 0 unspecified atom stereocenters. The molecular formula is C18H26N4O5. The van der Waals surface area contributed by atoms with Gasteiger partial charge in [0.25, 0.3) is 11.5 Å². The van der Waals surface area contributed by atoms with Crippen LogP contribution in [0.4, 0.5) is 0 Å². The molecule has 2 aliphatic rings. The van der Waals surface area contributed by atoms with E-state index in [2.05, 4.69) is 5.32 Å². The molecule has 1 aromatic rings. The van der Waals surface area contributed by atoms with Crippen molar-refractivity contribution in [3.05, 3.63) is 32.6 Å². The number of piperidine rings is 1. The maximum Gasteiger partial charge on any atom is 0.331 e. The Bertz CT molecular complexity index is 863. The fourth-order valence-electron chi connectivity index (χ4n) is 3.88. The van der Waals surface area contributed by atoms with Gasteiger partial charge in [-0.3, -0.25) is 23.5 Å². The quantitative estimate of drug-likeness (QED) is 0.755. The van der Waals surface area contributed by atoms with Gasteiger partial charge in [0, 0.05) is 46.7 Å². The SMILES string of the molecule is CC(=O)NC[C@@H]1CCC2(CCN(C(=O)c3cc(=O)n(C)c(=O)n3C)CC2)O1. The first-order valence-electron chi connectivity index (χ1n) is 9.21. The highest BCUT2D eigenvalue weighted by Crippen LogP contribution is 2.38. The molecule has 9 nitrogen and oxygen atoms in total. The van der Waals surface area contributed by atoms with Crippen molar-refractivity contribution in [3.63, 3.8) is 0 Å². The van der Waals surface area contributed by atoms with E-state index in [1.54, 1.807) is 4.90 Å². The lowest BCUT2D eigenvalue weighted by Gasteiger charge is -2.39. The van der Waals surface area contributed by atoms with Gasteiger partial charge in [-0.15, -0.1) is 0 Å². The Labute approximate surface area is 156 Å². The number of amides is 2. The van der Waals surface area contributed by atoms with Crippen LogP contribution in [-0.2, 0) is 23.6 Å². The van der Waals surface area contributed by atoms with Gasteiger partial charge in [0.2, 0.25) is 5.91 Å². The first-order chi connectivity index (χ1) is 12.7. The van der Waals surface area contributed by atoms with Gasteiger partial charge in [-0.2, -0.15) is 0 Å². The fourth-order valence-corrected chi connectivity index (χ4v) is 3.88. The van der Waals surface area contributed by atoms with E-state index in [0.717, 1.165) is 17.4 Å². The van der Waals surface area contributed by atoms with Gasteiger partial charge in [-0.05, 0) is 25.7 Å². The largest absolute Gasteiger partial charge is 0.370 e. The Morgan fingerprint density at radius 2 is 1.85 bits per heavy atom. The van der Waals surface area contributed by atoms with Crippen LogP contribution < -0.4 is 16.6 Å². The molecule has 0 aliphatic carbocycles. The van der Waals surface area contributed by atoms with E-state index in [9.17, 15) is 19.2 Å². The minimum atomic E-state index is -0.515. The molecule has 9 heteroatoms. The summed E-state index contributed by atoms with van der Waals surface area (Å²) in [6, 6.07) is 1.21. The van der Waals surface area contributed by atoms with E-state index in [-0.39, 0.29) is 29.2 Å². The number of carbonyl (C=O) groups is 2. The van der Waals surface area contributed by atoms with Crippen molar-refractivity contribution in [1.29, 1.82) is 0 Å². The second-order valence-corrected chi connectivity index (χ2v) is 7.46. The number of rotatable bonds is 3. The lowest BCUT2D eigenvalue weighted by molar-refractivity contribution is -0.120. The lowest BCUT2D eigenvalue weighted by Crippen LogP contribution is -2.49. The van der Waals surface area contributed by atoms with Gasteiger partial charge in [0.05, 0.1) is 11.7 Å². The smallest absolute Gasteiger partial charge is 0.331 e. The molecule has 2 saturated heterocycles. The van der Waals surface area contributed by atoms with Crippen LogP contribution in [-0.4, -0.2) is 57.2 Å². The molecule has 2 amide bonds. The van der Waals surface area contributed by atoms with E-state index < -0.39 is 11.2 Å². The molecule has 2 aliphatic heterocycles. The highest BCUT2D eigenvalue weighted by atomic mass is 16.5. The second kappa shape index (κ2) is 7.30. The normalized spacial score (nSPS) is 21.4. The van der Waals surface area contributed by atoms with Crippen molar-refractivity contribution in [2.24, 2.45) is 14.1 Å². The number of likely N-dealkylation sites (tertiary alicyclic amines) is 1. The zero-order valence-electron chi connectivity index (χ0n) is 16.0. The third kappa shape index (κ3) is 3.83. The van der Waals surface area contributed by atoms with E-state index >= 15 is 0 Å². The highest BCUT2D eigenvalue weighted by Gasteiger charge is 2.43. The molecule has 0 saturated carbocycles. The number of hydrogen-bond acceptors (Lipinski definition) is 5. The molecule has 3 rings (SSSR count). The lowest BCUT2D eigenvalue weighted by atomic mass is 9.88. The summed E-state index contributed by atoms with van der Waals surface area (Å²) in [7, 11) is 2.88. The summed E-state index contributed by atoms with van der Waals surface area (Å²) in [5.41, 5.74) is -1.15. The maximum absolute atomic E-state index is 12.8. The highest BCUT2D eigenvalue weighted by molar-refractivity contribution is 5.92. The number of nitrogens with zero attached hydrogens (tertiary/aromatic N) is 3. The number of nitrogens with one attached hydrogen (secondary N) is 1. The van der Waals surface area contributed by atoms with Crippen LogP contribution in [0.25, 0.3) is 0 Å². The van der Waals surface area contributed by atoms with Crippen molar-refractivity contribution in [2.75, 3.05) is 19.6 Å². The fraction of sp³-hybridized carbons (Fsp3) is 0.667. The van der Waals surface area contributed by atoms with Crippen LogP contribution in [0.2, 0.25) is 0 Å². The third-order valence-electron chi connectivity index (χ3n) is 5.62. The number of aromatic nitrogens is 2. The molecule has 1 atom stereocenters. The molecule has 1 N–H and O–H groups in total. The first kappa shape index (κ1) is 19.3. The Hall–Kier alpha value is -2.42. The standard InChI is InChI=1S/C18H26N4O5/c1-12(23)19-11-13-4-5-18(27-13)6-8-22(9-7-18)16(25)14-10-15(24)21(3)17(26)20(14)2/h10,13H,4-9,11H2,1-3H3,(H,19,23)/t13-/m0/s1. The third-order valence-corrected chi connectivity index (χ3v) is 5.62. The summed E-state index contributed by atoms with van der Waals surface area (Å²) in [6.07, 6.45) is 3.21. The second-order valence-electron chi connectivity index (χ2n) is 7.46. The molecule has 1 spiro atoms. The van der Waals surface area contributed by atoms with Crippen LogP contribution in [0.1, 0.15) is 43.1 Å². The molecule has 1 aromatic heterocycles. The minimum absolute atomic E-state index is 0.00844. The van der Waals surface area contributed by atoms with Crippen LogP contribution in [0.15, 0.2) is 15.7 Å². The Balaban J connectivity index is 1.65. The summed E-state index contributed by atoms with van der Waals surface area (Å²) in [5.74, 6) is -0.380. The van der Waals surface area contributed by atoms with Crippen molar-refractivity contribution >= 4 is 11.8 Å². The minimum Gasteiger partial charge on any atom is -0.370 e. The molecule has 0 bridgehead atoms. The van der Waals surface area contributed by atoms with Crippen molar-refractivity contribution < 1.29 is 14.3 Å². The van der Waals surface area contributed by atoms with Crippen LogP contribution in [0, 0.1) is 0 Å². The Morgan fingerprint density at radius 1 is 1.19 bits per heavy atom. The number of carbonyl (C=O) groups excluding carboxylic acids is 2. The van der Waals surface area contributed by atoms with E-state index in [0.29, 0.717) is 32.5 Å². The van der Waals surface area contributed by atoms with Gasteiger partial charge >= 0.3 is 5.69 Å². The summed E-state index contributed by atoms with van der Waals surface area (Å²) in [4.78, 5) is 49.5. The zero-order chi connectivity index (χ0) is 19.8. The zero-order valence-corrected chi connectivity index (χ0v) is 16.0. The summed E-state index contributed by atoms with van der Waals surface area (Å²) in [5, 5.41) is 2.79. The molecule has 0 radical (unpaired) electrons. The summed E-state index contributed by atoms with van der Waals surface area (Å²) < 4.78 is 8.38. The van der Waals surface area contributed by atoms with Gasteiger partial charge in [-0.25, -0.2) is 4.79 Å². The predicted octanol–water partition coefficient (Wildman–Crippen LogP) is -0.626. The summed E-state index contributed by atoms with van der Waals surface area (Å²) in [6.45, 7) is 3.01. The average molecular weight is 378 g/mol. The molecule has 0 aromatic carbocycles. The molecule has 2 fully saturated rings. The Kier molecular flexibility index (Phi) is 5.23. The molecule has 148 valence electrons. The van der Waals surface area contributed by atoms with E-state index in [4.69, 9.17) is 4.74 Å². The van der Waals surface area contributed by atoms with Gasteiger partial charge in [0.15, 0.2) is 0 Å². The van der Waals surface area contributed by atoms with E-state index in [1.165, 1.54) is 31.7 Å². The van der Waals surface area contributed by atoms with Gasteiger partial charge < -0.3 is 15.0 Å². The monoisotopic (exact) mass is 378 g/mol. The number of ether oxygens (including phenoxy) is 1. The van der Waals surface area contributed by atoms with Crippen molar-refractivity contribution in [2.45, 2.75) is 44.3 Å².